The number of carboxylic acids is 1. The van der Waals surface area contributed by atoms with Crippen LogP contribution in [0.2, 0.25) is 0 Å². The number of nitrogens with two attached hydrogens (primary N) is 1. The fourth-order valence-electron chi connectivity index (χ4n) is 5.69. The largest absolute Gasteiger partial charge is 0.476 e. The Morgan fingerprint density at radius 1 is 1.07 bits per heavy atom. The van der Waals surface area contributed by atoms with Gasteiger partial charge in [-0.3, -0.25) is 0 Å². The van der Waals surface area contributed by atoms with Crippen molar-refractivity contribution in [2.75, 3.05) is 0 Å². The van der Waals surface area contributed by atoms with Gasteiger partial charge in [-0.2, -0.15) is 5.10 Å². The van der Waals surface area contributed by atoms with Crippen LogP contribution in [0.25, 0.3) is 16.4 Å². The Hall–Kier alpha value is -3.92. The minimum atomic E-state index is -4.24. The Kier molecular flexibility index (Phi) is 8.37. The van der Waals surface area contributed by atoms with Gasteiger partial charge in [0.1, 0.15) is 16.5 Å². The number of primary sulfonamides is 1. The lowest BCUT2D eigenvalue weighted by molar-refractivity contribution is 0.0691. The smallest absolute Gasteiger partial charge is 0.355 e. The highest BCUT2D eigenvalue weighted by atomic mass is 32.2. The maximum atomic E-state index is 14.9. The summed E-state index contributed by atoms with van der Waals surface area (Å²) in [6.07, 6.45) is 8.24. The first kappa shape index (κ1) is 30.1. The van der Waals surface area contributed by atoms with Gasteiger partial charge in [0.05, 0.1) is 17.0 Å². The van der Waals surface area contributed by atoms with E-state index >= 15 is 0 Å². The van der Waals surface area contributed by atoms with Crippen LogP contribution in [0.3, 0.4) is 0 Å². The van der Waals surface area contributed by atoms with Gasteiger partial charge >= 0.3 is 5.97 Å². The molecular weight excluding hydrogens is 607 g/mol. The third kappa shape index (κ3) is 6.60. The lowest BCUT2D eigenvalue weighted by Crippen LogP contribution is -2.14. The SMILES string of the molecule is NS(=O)(=O)c1ccc(Cc2c(-c3ccc(F)c(C#CCC4CCCC4)c3)nn(-c3nc(C(=O)O)cs3)c2CC2CC2)cc1F. The number of aromatic carboxylic acids is 1. The molecule has 2 aliphatic carbocycles. The van der Waals surface area contributed by atoms with Gasteiger partial charge in [-0.15, -0.1) is 11.3 Å². The summed E-state index contributed by atoms with van der Waals surface area (Å²) in [5, 5.41) is 21.3. The van der Waals surface area contributed by atoms with E-state index in [2.05, 4.69) is 16.8 Å². The van der Waals surface area contributed by atoms with Gasteiger partial charge in [0.25, 0.3) is 0 Å². The Balaban J connectivity index is 1.47. The fraction of sp³-hybridized carbons (Fsp3) is 0.344. The van der Waals surface area contributed by atoms with Crippen LogP contribution >= 0.6 is 11.3 Å². The number of rotatable bonds is 9. The van der Waals surface area contributed by atoms with Crippen molar-refractivity contribution in [3.05, 3.63) is 81.5 Å². The molecule has 0 amide bonds. The number of carbonyl (C=O) groups is 1. The summed E-state index contributed by atoms with van der Waals surface area (Å²) >= 11 is 1.14. The van der Waals surface area contributed by atoms with E-state index in [1.54, 1.807) is 16.8 Å². The molecule has 2 aliphatic rings. The molecule has 12 heteroatoms. The van der Waals surface area contributed by atoms with E-state index in [1.165, 1.54) is 30.4 Å². The van der Waals surface area contributed by atoms with Gasteiger partial charge in [0.15, 0.2) is 5.69 Å². The van der Waals surface area contributed by atoms with Gasteiger partial charge in [0.2, 0.25) is 15.2 Å². The quantitative estimate of drug-likeness (QED) is 0.214. The Morgan fingerprint density at radius 3 is 2.50 bits per heavy atom. The summed E-state index contributed by atoms with van der Waals surface area (Å²) in [7, 11) is -4.24. The molecule has 0 aliphatic heterocycles. The zero-order valence-corrected chi connectivity index (χ0v) is 25.4. The number of carboxylic acid groups (broad SMARTS) is 1. The molecule has 0 unspecified atom stereocenters. The maximum Gasteiger partial charge on any atom is 0.355 e. The lowest BCUT2D eigenvalue weighted by Gasteiger charge is -2.10. The van der Waals surface area contributed by atoms with E-state index in [0.29, 0.717) is 46.6 Å². The van der Waals surface area contributed by atoms with E-state index in [4.69, 9.17) is 10.2 Å². The molecule has 4 aromatic rings. The highest BCUT2D eigenvalue weighted by Crippen LogP contribution is 2.38. The second-order valence-corrected chi connectivity index (χ2v) is 13.9. The number of halogens is 2. The highest BCUT2D eigenvalue weighted by Gasteiger charge is 2.30. The van der Waals surface area contributed by atoms with Gasteiger partial charge in [-0.25, -0.2) is 36.8 Å². The first-order valence-electron chi connectivity index (χ1n) is 14.5. The molecule has 8 nitrogen and oxygen atoms in total. The summed E-state index contributed by atoms with van der Waals surface area (Å²) in [5.41, 5.74) is 3.23. The number of hydrogen-bond acceptors (Lipinski definition) is 6. The van der Waals surface area contributed by atoms with Crippen molar-refractivity contribution < 1.29 is 27.1 Å². The lowest BCUT2D eigenvalue weighted by atomic mass is 9.96. The normalized spacial score (nSPS) is 15.3. The van der Waals surface area contributed by atoms with Crippen LogP contribution in [0.15, 0.2) is 46.7 Å². The number of sulfonamides is 1. The molecule has 2 aromatic carbocycles. The first-order chi connectivity index (χ1) is 21.1. The van der Waals surface area contributed by atoms with Crippen molar-refractivity contribution >= 4 is 27.3 Å². The summed E-state index contributed by atoms with van der Waals surface area (Å²) in [6, 6.07) is 8.40. The van der Waals surface area contributed by atoms with Gasteiger partial charge in [0, 0.05) is 29.3 Å². The second-order valence-electron chi connectivity index (χ2n) is 11.5. The van der Waals surface area contributed by atoms with Crippen LogP contribution in [0.4, 0.5) is 8.78 Å². The zero-order chi connectivity index (χ0) is 31.0. The van der Waals surface area contributed by atoms with Crippen molar-refractivity contribution in [1.29, 1.82) is 0 Å². The van der Waals surface area contributed by atoms with Crippen LogP contribution in [-0.2, 0) is 22.9 Å². The Morgan fingerprint density at radius 2 is 1.84 bits per heavy atom. The standard InChI is InChI=1S/C32H30F2N4O4S2/c33-25-12-11-23(17-22(25)7-3-6-19-4-1-2-5-19)30-24(14-21-10-13-29(26(34)15-21)44(35,41)42)28(16-20-8-9-20)38(37-30)32-36-27(18-43-32)31(39)40/h10-13,15,17-20H,1-2,4-6,8-9,14,16H2,(H,39,40)(H2,35,41,42). The summed E-state index contributed by atoms with van der Waals surface area (Å²) < 4.78 is 55.0. The van der Waals surface area contributed by atoms with Crippen LogP contribution in [0, 0.1) is 35.3 Å². The molecule has 2 saturated carbocycles. The van der Waals surface area contributed by atoms with Crippen molar-refractivity contribution in [3.63, 3.8) is 0 Å². The van der Waals surface area contributed by atoms with Crippen LogP contribution in [0.5, 0.6) is 0 Å². The summed E-state index contributed by atoms with van der Waals surface area (Å²) in [4.78, 5) is 15.3. The molecule has 2 fully saturated rings. The zero-order valence-electron chi connectivity index (χ0n) is 23.7. The molecular formula is C32H30F2N4O4S2. The van der Waals surface area contributed by atoms with Crippen LogP contribution < -0.4 is 5.14 Å². The summed E-state index contributed by atoms with van der Waals surface area (Å²) in [6.45, 7) is 0. The predicted molar refractivity (Wildman–Crippen MR) is 162 cm³/mol. The average molecular weight is 637 g/mol. The molecule has 228 valence electrons. The van der Waals surface area contributed by atoms with Gasteiger partial charge < -0.3 is 5.11 Å². The Labute approximate surface area is 258 Å². The number of benzene rings is 2. The molecule has 2 heterocycles. The fourth-order valence-corrected chi connectivity index (χ4v) is 7.05. The van der Waals surface area contributed by atoms with Gasteiger partial charge in [-0.05, 0) is 79.8 Å². The number of hydrogen-bond donors (Lipinski definition) is 2. The van der Waals surface area contributed by atoms with Crippen molar-refractivity contribution in [3.8, 4) is 28.2 Å². The van der Waals surface area contributed by atoms with E-state index in [1.807, 2.05) is 0 Å². The number of nitrogens with zero attached hydrogens (tertiary/aromatic N) is 3. The molecule has 0 saturated heterocycles. The number of thiazole rings is 1. The molecule has 0 spiro atoms. The second kappa shape index (κ2) is 12.2. The minimum absolute atomic E-state index is 0.108. The van der Waals surface area contributed by atoms with E-state index in [0.717, 1.165) is 60.4 Å². The minimum Gasteiger partial charge on any atom is -0.476 e. The summed E-state index contributed by atoms with van der Waals surface area (Å²) in [5.74, 6) is 4.52. The van der Waals surface area contributed by atoms with Crippen molar-refractivity contribution in [1.82, 2.24) is 14.8 Å². The monoisotopic (exact) mass is 636 g/mol. The van der Waals surface area contributed by atoms with E-state index in [-0.39, 0.29) is 17.7 Å². The van der Waals surface area contributed by atoms with Crippen molar-refractivity contribution in [2.24, 2.45) is 17.0 Å². The third-order valence-corrected chi connectivity index (χ3v) is 9.93. The highest BCUT2D eigenvalue weighted by molar-refractivity contribution is 7.89. The molecule has 0 bridgehead atoms. The molecule has 0 atom stereocenters. The molecule has 3 N–H and O–H groups in total. The predicted octanol–water partition coefficient (Wildman–Crippen LogP) is 6.09. The molecule has 6 rings (SSSR count). The van der Waals surface area contributed by atoms with E-state index in [9.17, 15) is 27.1 Å². The first-order valence-corrected chi connectivity index (χ1v) is 16.9. The van der Waals surface area contributed by atoms with Crippen LogP contribution in [0.1, 0.15) is 77.8 Å². The Bertz CT molecular complexity index is 1910. The van der Waals surface area contributed by atoms with Gasteiger partial charge in [-0.1, -0.05) is 30.7 Å². The number of aromatic nitrogens is 3. The third-order valence-electron chi connectivity index (χ3n) is 8.17. The van der Waals surface area contributed by atoms with Crippen molar-refractivity contribution in [2.45, 2.75) is 62.7 Å². The molecule has 44 heavy (non-hydrogen) atoms. The van der Waals surface area contributed by atoms with Crippen LogP contribution in [-0.4, -0.2) is 34.3 Å². The molecule has 0 radical (unpaired) electrons. The molecule has 2 aromatic heterocycles. The van der Waals surface area contributed by atoms with E-state index < -0.39 is 32.5 Å². The maximum absolute atomic E-state index is 14.9. The average Bonchev–Trinajstić information content (AvgIpc) is 3.32. The topological polar surface area (TPSA) is 128 Å².